The number of aryl methyl sites for hydroxylation is 2. The Morgan fingerprint density at radius 1 is 1.39 bits per heavy atom. The second-order valence-electron chi connectivity index (χ2n) is 5.49. The highest BCUT2D eigenvalue weighted by Crippen LogP contribution is 2.24. The lowest BCUT2D eigenvalue weighted by atomic mass is 10.2. The first-order valence-electron chi connectivity index (χ1n) is 7.19. The number of nitrogens with one attached hydrogen (secondary N) is 1. The average molecular weight is 320 g/mol. The maximum absolute atomic E-state index is 12.3. The summed E-state index contributed by atoms with van der Waals surface area (Å²) in [6.07, 6.45) is 1.70. The van der Waals surface area contributed by atoms with E-state index in [-0.39, 0.29) is 11.6 Å². The van der Waals surface area contributed by atoms with Gasteiger partial charge in [0, 0.05) is 24.8 Å². The van der Waals surface area contributed by atoms with Crippen molar-refractivity contribution in [3.8, 4) is 0 Å². The highest BCUT2D eigenvalue weighted by molar-refractivity contribution is 5.80. The molecule has 2 heterocycles. The van der Waals surface area contributed by atoms with E-state index in [1.54, 1.807) is 31.6 Å². The van der Waals surface area contributed by atoms with Crippen LogP contribution in [-0.2, 0) is 18.4 Å². The lowest BCUT2D eigenvalue weighted by Gasteiger charge is -2.14. The summed E-state index contributed by atoms with van der Waals surface area (Å²) >= 11 is 0. The van der Waals surface area contributed by atoms with Gasteiger partial charge in [-0.25, -0.2) is 0 Å². The molecule has 0 radical (unpaired) electrons. The average Bonchev–Trinajstić information content (AvgIpc) is 2.96. The van der Waals surface area contributed by atoms with E-state index < -0.39 is 11.0 Å². The van der Waals surface area contributed by atoms with Crippen molar-refractivity contribution < 1.29 is 9.72 Å². The lowest BCUT2D eigenvalue weighted by Crippen LogP contribution is -2.31. The van der Waals surface area contributed by atoms with Crippen LogP contribution in [0.2, 0.25) is 0 Å². The number of carbonyl (C=O) groups excluding carboxylic acids is 1. The third kappa shape index (κ3) is 3.08. The van der Waals surface area contributed by atoms with Crippen molar-refractivity contribution in [3.05, 3.63) is 39.0 Å². The van der Waals surface area contributed by atoms with E-state index in [0.717, 1.165) is 11.3 Å². The largest absolute Gasteiger partial charge is 0.350 e. The zero-order valence-corrected chi connectivity index (χ0v) is 13.8. The maximum Gasteiger partial charge on any atom is 0.312 e. The van der Waals surface area contributed by atoms with E-state index in [2.05, 4.69) is 15.5 Å². The fourth-order valence-corrected chi connectivity index (χ4v) is 2.45. The third-order valence-electron chi connectivity index (χ3n) is 4.01. The molecule has 0 bridgehead atoms. The molecule has 124 valence electrons. The monoisotopic (exact) mass is 320 g/mol. The maximum atomic E-state index is 12.3. The van der Waals surface area contributed by atoms with Gasteiger partial charge in [-0.2, -0.15) is 10.2 Å². The minimum Gasteiger partial charge on any atom is -0.350 e. The van der Waals surface area contributed by atoms with Crippen LogP contribution >= 0.6 is 0 Å². The van der Waals surface area contributed by atoms with E-state index in [1.807, 2.05) is 14.0 Å². The predicted molar refractivity (Wildman–Crippen MR) is 82.9 cm³/mol. The normalized spacial score (nSPS) is 12.2. The van der Waals surface area contributed by atoms with Gasteiger partial charge >= 0.3 is 5.69 Å². The molecule has 0 spiro atoms. The predicted octanol–water partition coefficient (Wildman–Crippen LogP) is 1.33. The van der Waals surface area contributed by atoms with Gasteiger partial charge in [-0.1, -0.05) is 0 Å². The summed E-state index contributed by atoms with van der Waals surface area (Å²) in [5.41, 5.74) is 2.52. The third-order valence-corrected chi connectivity index (χ3v) is 4.01. The van der Waals surface area contributed by atoms with Gasteiger partial charge in [0.25, 0.3) is 0 Å². The van der Waals surface area contributed by atoms with Gasteiger partial charge in [0.05, 0.1) is 11.1 Å². The first kappa shape index (κ1) is 16.7. The van der Waals surface area contributed by atoms with Gasteiger partial charge in [-0.3, -0.25) is 24.3 Å². The smallest absolute Gasteiger partial charge is 0.312 e. The molecule has 23 heavy (non-hydrogen) atoms. The van der Waals surface area contributed by atoms with Crippen LogP contribution in [0.25, 0.3) is 0 Å². The molecule has 0 saturated heterocycles. The quantitative estimate of drug-likeness (QED) is 0.660. The molecule has 0 aliphatic carbocycles. The fraction of sp³-hybridized carbons (Fsp3) is 0.500. The molecule has 0 aromatic carbocycles. The summed E-state index contributed by atoms with van der Waals surface area (Å²) in [7, 11) is 1.83. The van der Waals surface area contributed by atoms with Crippen LogP contribution in [0, 0.1) is 30.9 Å². The first-order chi connectivity index (χ1) is 10.7. The number of hydrogen-bond donors (Lipinski definition) is 1. The van der Waals surface area contributed by atoms with Crippen LogP contribution in [0.3, 0.4) is 0 Å². The molecule has 1 N–H and O–H groups in total. The van der Waals surface area contributed by atoms with Crippen LogP contribution in [-0.4, -0.2) is 30.4 Å². The topological polar surface area (TPSA) is 108 Å². The van der Waals surface area contributed by atoms with Crippen LogP contribution in [0.5, 0.6) is 0 Å². The number of nitrogens with zero attached hydrogens (tertiary/aromatic N) is 5. The highest BCUT2D eigenvalue weighted by Gasteiger charge is 2.27. The van der Waals surface area contributed by atoms with Crippen LogP contribution in [0.1, 0.15) is 35.6 Å². The van der Waals surface area contributed by atoms with Gasteiger partial charge in [-0.15, -0.1) is 0 Å². The van der Waals surface area contributed by atoms with Gasteiger partial charge in [0.1, 0.15) is 17.4 Å². The zero-order valence-electron chi connectivity index (χ0n) is 13.8. The molecule has 2 aromatic rings. The molecule has 0 aliphatic heterocycles. The minimum absolute atomic E-state index is 0.0484. The fourth-order valence-electron chi connectivity index (χ4n) is 2.45. The Hall–Kier alpha value is -2.71. The van der Waals surface area contributed by atoms with E-state index >= 15 is 0 Å². The molecule has 1 amide bonds. The summed E-state index contributed by atoms with van der Waals surface area (Å²) in [4.78, 5) is 22.9. The Balaban J connectivity index is 2.13. The number of nitro groups is 1. The van der Waals surface area contributed by atoms with Gasteiger partial charge in [-0.05, 0) is 27.7 Å². The Labute approximate surface area is 133 Å². The molecule has 0 fully saturated rings. The molecule has 2 rings (SSSR count). The molecule has 9 nitrogen and oxygen atoms in total. The molecule has 1 atom stereocenters. The van der Waals surface area contributed by atoms with E-state index in [0.29, 0.717) is 17.9 Å². The lowest BCUT2D eigenvalue weighted by molar-refractivity contribution is -0.386. The number of carbonyl (C=O) groups is 1. The van der Waals surface area contributed by atoms with Crippen LogP contribution < -0.4 is 5.32 Å². The molecule has 0 unspecified atom stereocenters. The Morgan fingerprint density at radius 2 is 2.04 bits per heavy atom. The van der Waals surface area contributed by atoms with Crippen molar-refractivity contribution in [2.24, 2.45) is 7.05 Å². The first-order valence-corrected chi connectivity index (χ1v) is 7.19. The van der Waals surface area contributed by atoms with Gasteiger partial charge in [0.2, 0.25) is 5.91 Å². The van der Waals surface area contributed by atoms with Crippen molar-refractivity contribution >= 4 is 11.6 Å². The van der Waals surface area contributed by atoms with Crippen LogP contribution in [0.15, 0.2) is 6.20 Å². The second-order valence-corrected chi connectivity index (χ2v) is 5.49. The Morgan fingerprint density at radius 3 is 2.52 bits per heavy atom. The summed E-state index contributed by atoms with van der Waals surface area (Å²) in [5.74, 6) is -0.256. The Bertz CT molecular complexity index is 761. The van der Waals surface area contributed by atoms with Crippen molar-refractivity contribution in [1.29, 1.82) is 0 Å². The summed E-state index contributed by atoms with van der Waals surface area (Å²) in [5, 5.41) is 22.1. The van der Waals surface area contributed by atoms with Crippen molar-refractivity contribution in [2.75, 3.05) is 0 Å². The van der Waals surface area contributed by atoms with E-state index in [9.17, 15) is 14.9 Å². The highest BCUT2D eigenvalue weighted by atomic mass is 16.6. The summed E-state index contributed by atoms with van der Waals surface area (Å²) < 4.78 is 3.12. The van der Waals surface area contributed by atoms with Crippen molar-refractivity contribution in [2.45, 2.75) is 40.3 Å². The van der Waals surface area contributed by atoms with Crippen molar-refractivity contribution in [1.82, 2.24) is 24.9 Å². The van der Waals surface area contributed by atoms with Gasteiger partial charge in [0.15, 0.2) is 0 Å². The van der Waals surface area contributed by atoms with Crippen molar-refractivity contribution in [3.63, 3.8) is 0 Å². The van der Waals surface area contributed by atoms with E-state index in [1.165, 1.54) is 4.68 Å². The van der Waals surface area contributed by atoms with Crippen LogP contribution in [0.4, 0.5) is 5.69 Å². The molecular weight excluding hydrogens is 300 g/mol. The van der Waals surface area contributed by atoms with E-state index in [4.69, 9.17) is 0 Å². The molecule has 9 heteroatoms. The Kier molecular flexibility index (Phi) is 4.48. The standard InChI is InChI=1S/C14H20N6O3/c1-8-13(20(22)23)10(3)19(17-8)11(4)14(21)15-6-12-7-16-18(5)9(12)2/h7,11H,6H2,1-5H3,(H,15,21)/t11-/m0/s1. The minimum atomic E-state index is -0.639. The molecular formula is C14H20N6O3. The summed E-state index contributed by atoms with van der Waals surface area (Å²) in [6, 6.07) is -0.639. The SMILES string of the molecule is Cc1nn([C@@H](C)C(=O)NCc2cnn(C)c2C)c(C)c1[N+](=O)[O-]. The number of aromatic nitrogens is 4. The number of rotatable bonds is 5. The number of amides is 1. The number of hydrogen-bond acceptors (Lipinski definition) is 5. The molecule has 2 aromatic heterocycles. The van der Waals surface area contributed by atoms with Gasteiger partial charge < -0.3 is 5.32 Å². The molecule has 0 aliphatic rings. The zero-order chi connectivity index (χ0) is 17.3. The second kappa shape index (κ2) is 6.19. The summed E-state index contributed by atoms with van der Waals surface area (Å²) in [6.45, 7) is 7.08. The molecule has 0 saturated carbocycles.